The lowest BCUT2D eigenvalue weighted by Crippen LogP contribution is -2.27. The number of nitrogens with zero attached hydrogens (tertiary/aromatic N) is 1. The Labute approximate surface area is 113 Å². The number of carbonyl (C=O) groups is 1. The quantitative estimate of drug-likeness (QED) is 0.637. The maximum absolute atomic E-state index is 11.8. The van der Waals surface area contributed by atoms with Crippen molar-refractivity contribution in [1.82, 2.24) is 4.90 Å². The zero-order valence-electron chi connectivity index (χ0n) is 10.8. The van der Waals surface area contributed by atoms with E-state index in [1.54, 1.807) is 12.1 Å². The van der Waals surface area contributed by atoms with Crippen molar-refractivity contribution >= 4 is 23.3 Å². The molecule has 0 atom stereocenters. The standard InChI is InChI=1S/C13H19ClN2O2/c1-3-16(4-2)7-8-18-13(17)11-9-10(15)5-6-12(11)14/h5-6,9H,3-4,7-8,15H2,1-2H3. The second-order valence-corrected chi connectivity index (χ2v) is 4.31. The molecule has 0 aliphatic rings. The van der Waals surface area contributed by atoms with Crippen LogP contribution in [0.5, 0.6) is 0 Å². The lowest BCUT2D eigenvalue weighted by Gasteiger charge is -2.17. The van der Waals surface area contributed by atoms with Crippen molar-refractivity contribution in [2.24, 2.45) is 0 Å². The molecular weight excluding hydrogens is 252 g/mol. The number of nitrogens with two attached hydrogens (primary N) is 1. The van der Waals surface area contributed by atoms with Gasteiger partial charge in [0.1, 0.15) is 6.61 Å². The highest BCUT2D eigenvalue weighted by atomic mass is 35.5. The van der Waals surface area contributed by atoms with Crippen LogP contribution in [-0.2, 0) is 4.74 Å². The van der Waals surface area contributed by atoms with Crippen molar-refractivity contribution < 1.29 is 9.53 Å². The second kappa shape index (κ2) is 7.24. The summed E-state index contributed by atoms with van der Waals surface area (Å²) in [6.07, 6.45) is 0. The third-order valence-electron chi connectivity index (χ3n) is 2.75. The first-order valence-electron chi connectivity index (χ1n) is 6.03. The van der Waals surface area contributed by atoms with Gasteiger partial charge in [-0.05, 0) is 31.3 Å². The number of rotatable bonds is 6. The molecule has 0 bridgehead atoms. The van der Waals surface area contributed by atoms with Gasteiger partial charge in [-0.2, -0.15) is 0 Å². The summed E-state index contributed by atoms with van der Waals surface area (Å²) in [7, 11) is 0. The first-order chi connectivity index (χ1) is 8.58. The van der Waals surface area contributed by atoms with Crippen LogP contribution in [-0.4, -0.2) is 37.1 Å². The molecule has 0 aliphatic heterocycles. The fourth-order valence-electron chi connectivity index (χ4n) is 1.58. The molecule has 0 saturated heterocycles. The fraction of sp³-hybridized carbons (Fsp3) is 0.462. The Morgan fingerprint density at radius 3 is 2.67 bits per heavy atom. The molecule has 1 aromatic rings. The lowest BCUT2D eigenvalue weighted by atomic mass is 10.2. The van der Waals surface area contributed by atoms with Crippen LogP contribution in [0.25, 0.3) is 0 Å². The van der Waals surface area contributed by atoms with Crippen molar-refractivity contribution in [2.75, 3.05) is 32.0 Å². The van der Waals surface area contributed by atoms with Crippen molar-refractivity contribution in [3.8, 4) is 0 Å². The molecule has 0 heterocycles. The second-order valence-electron chi connectivity index (χ2n) is 3.90. The summed E-state index contributed by atoms with van der Waals surface area (Å²) in [6, 6.07) is 4.77. The predicted octanol–water partition coefficient (Wildman–Crippen LogP) is 2.42. The minimum atomic E-state index is -0.431. The average molecular weight is 271 g/mol. The number of anilines is 1. The smallest absolute Gasteiger partial charge is 0.339 e. The van der Waals surface area contributed by atoms with Crippen LogP contribution in [0.4, 0.5) is 5.69 Å². The van der Waals surface area contributed by atoms with Crippen LogP contribution in [0.2, 0.25) is 5.02 Å². The fourth-order valence-corrected chi connectivity index (χ4v) is 1.78. The molecule has 0 saturated carbocycles. The van der Waals surface area contributed by atoms with E-state index in [2.05, 4.69) is 18.7 Å². The van der Waals surface area contributed by atoms with E-state index in [0.29, 0.717) is 22.9 Å². The number of ether oxygens (including phenoxy) is 1. The lowest BCUT2D eigenvalue weighted by molar-refractivity contribution is 0.0466. The number of hydrogen-bond donors (Lipinski definition) is 1. The van der Waals surface area contributed by atoms with E-state index in [1.165, 1.54) is 6.07 Å². The SMILES string of the molecule is CCN(CC)CCOC(=O)c1cc(N)ccc1Cl. The van der Waals surface area contributed by atoms with Crippen LogP contribution in [0.15, 0.2) is 18.2 Å². The van der Waals surface area contributed by atoms with Gasteiger partial charge < -0.3 is 15.4 Å². The zero-order chi connectivity index (χ0) is 13.5. The highest BCUT2D eigenvalue weighted by Gasteiger charge is 2.12. The third-order valence-corrected chi connectivity index (χ3v) is 3.08. The van der Waals surface area contributed by atoms with Gasteiger partial charge in [-0.1, -0.05) is 25.4 Å². The van der Waals surface area contributed by atoms with Crippen LogP contribution in [0, 0.1) is 0 Å². The molecule has 5 heteroatoms. The minimum absolute atomic E-state index is 0.316. The summed E-state index contributed by atoms with van der Waals surface area (Å²) in [5, 5.41) is 0.358. The van der Waals surface area contributed by atoms with Gasteiger partial charge in [0.25, 0.3) is 0 Å². The Morgan fingerprint density at radius 2 is 2.06 bits per heavy atom. The van der Waals surface area contributed by atoms with Gasteiger partial charge in [0.2, 0.25) is 0 Å². The van der Waals surface area contributed by atoms with E-state index in [0.717, 1.165) is 19.6 Å². The molecule has 0 aromatic heterocycles. The Morgan fingerprint density at radius 1 is 1.39 bits per heavy atom. The van der Waals surface area contributed by atoms with Crippen LogP contribution in [0.3, 0.4) is 0 Å². The molecule has 0 unspecified atom stereocenters. The van der Waals surface area contributed by atoms with Gasteiger partial charge in [-0.25, -0.2) is 4.79 Å². The molecule has 4 nitrogen and oxygen atoms in total. The van der Waals surface area contributed by atoms with Gasteiger partial charge in [0.15, 0.2) is 0 Å². The Bertz CT molecular complexity index is 406. The molecule has 0 fully saturated rings. The minimum Gasteiger partial charge on any atom is -0.461 e. The molecule has 18 heavy (non-hydrogen) atoms. The third kappa shape index (κ3) is 4.20. The predicted molar refractivity (Wildman–Crippen MR) is 73.9 cm³/mol. The molecule has 2 N–H and O–H groups in total. The Kier molecular flexibility index (Phi) is 5.95. The van der Waals surface area contributed by atoms with Crippen molar-refractivity contribution in [2.45, 2.75) is 13.8 Å². The largest absolute Gasteiger partial charge is 0.461 e. The normalized spacial score (nSPS) is 10.7. The number of carbonyl (C=O) groups excluding carboxylic acids is 1. The van der Waals surface area contributed by atoms with Gasteiger partial charge in [0, 0.05) is 12.2 Å². The van der Waals surface area contributed by atoms with E-state index >= 15 is 0 Å². The van der Waals surface area contributed by atoms with E-state index in [9.17, 15) is 4.79 Å². The first kappa shape index (κ1) is 14.8. The molecule has 1 aromatic carbocycles. The monoisotopic (exact) mass is 270 g/mol. The van der Waals surface area contributed by atoms with Gasteiger partial charge >= 0.3 is 5.97 Å². The molecule has 0 radical (unpaired) electrons. The van der Waals surface area contributed by atoms with Crippen LogP contribution in [0.1, 0.15) is 24.2 Å². The van der Waals surface area contributed by atoms with Gasteiger partial charge in [0.05, 0.1) is 10.6 Å². The highest BCUT2D eigenvalue weighted by molar-refractivity contribution is 6.33. The summed E-state index contributed by atoms with van der Waals surface area (Å²) in [4.78, 5) is 14.0. The van der Waals surface area contributed by atoms with E-state index in [-0.39, 0.29) is 0 Å². The van der Waals surface area contributed by atoms with Gasteiger partial charge in [-0.15, -0.1) is 0 Å². The molecule has 100 valence electrons. The number of nitrogen functional groups attached to an aromatic ring is 1. The van der Waals surface area contributed by atoms with Crippen molar-refractivity contribution in [3.63, 3.8) is 0 Å². The summed E-state index contributed by atoms with van der Waals surface area (Å²) < 4.78 is 5.18. The summed E-state index contributed by atoms with van der Waals surface area (Å²) >= 11 is 5.92. The highest BCUT2D eigenvalue weighted by Crippen LogP contribution is 2.19. The zero-order valence-corrected chi connectivity index (χ0v) is 11.5. The molecule has 0 aliphatic carbocycles. The van der Waals surface area contributed by atoms with Crippen LogP contribution >= 0.6 is 11.6 Å². The van der Waals surface area contributed by atoms with E-state index in [4.69, 9.17) is 22.1 Å². The summed E-state index contributed by atoms with van der Waals surface area (Å²) in [5.41, 5.74) is 6.42. The average Bonchev–Trinajstić information content (AvgIpc) is 2.37. The molecule has 0 amide bonds. The first-order valence-corrected chi connectivity index (χ1v) is 6.40. The Balaban J connectivity index is 2.53. The number of esters is 1. The molecule has 0 spiro atoms. The maximum atomic E-state index is 11.8. The molecule has 1 rings (SSSR count). The molecular formula is C13H19ClN2O2. The number of likely N-dealkylation sites (N-methyl/N-ethyl adjacent to an activating group) is 1. The van der Waals surface area contributed by atoms with Crippen LogP contribution < -0.4 is 5.73 Å². The topological polar surface area (TPSA) is 55.6 Å². The van der Waals surface area contributed by atoms with Gasteiger partial charge in [-0.3, -0.25) is 0 Å². The number of benzene rings is 1. The number of halogens is 1. The summed E-state index contributed by atoms with van der Waals surface area (Å²) in [6.45, 7) is 7.09. The van der Waals surface area contributed by atoms with Crippen molar-refractivity contribution in [1.29, 1.82) is 0 Å². The Hall–Kier alpha value is -1.26. The maximum Gasteiger partial charge on any atom is 0.339 e. The summed E-state index contributed by atoms with van der Waals surface area (Å²) in [5.74, 6) is -0.431. The number of hydrogen-bond acceptors (Lipinski definition) is 4. The van der Waals surface area contributed by atoms with Crippen molar-refractivity contribution in [3.05, 3.63) is 28.8 Å². The van der Waals surface area contributed by atoms with E-state index in [1.807, 2.05) is 0 Å². The van der Waals surface area contributed by atoms with E-state index < -0.39 is 5.97 Å².